The van der Waals surface area contributed by atoms with E-state index in [2.05, 4.69) is 10.2 Å². The Morgan fingerprint density at radius 2 is 1.85 bits per heavy atom. The van der Waals surface area contributed by atoms with Crippen LogP contribution >= 0.6 is 11.3 Å². The fourth-order valence-electron chi connectivity index (χ4n) is 5.05. The van der Waals surface area contributed by atoms with E-state index < -0.39 is 23.2 Å². The van der Waals surface area contributed by atoms with E-state index >= 15 is 0 Å². The SMILES string of the molecule is COCCO[C@@H](Cn1c(=O)n(CCN2CCCC2=O)c(=O)c2c(C)c(-n3nccn3)sc21)c1cc(F)ccc1OC. The predicted molar refractivity (Wildman–Crippen MR) is 149 cm³/mol. The van der Waals surface area contributed by atoms with E-state index in [9.17, 15) is 18.8 Å². The summed E-state index contributed by atoms with van der Waals surface area (Å²) in [7, 11) is 3.01. The number of likely N-dealkylation sites (tertiary alicyclic amines) is 1. The quantitative estimate of drug-likeness (QED) is 0.232. The molecule has 0 saturated carbocycles. The highest BCUT2D eigenvalue weighted by Gasteiger charge is 2.27. The third-order valence-corrected chi connectivity index (χ3v) is 8.41. The van der Waals surface area contributed by atoms with Crippen molar-refractivity contribution in [1.82, 2.24) is 29.0 Å². The molecule has 218 valence electrons. The van der Waals surface area contributed by atoms with Crippen molar-refractivity contribution in [2.75, 3.05) is 40.5 Å². The molecule has 1 aromatic carbocycles. The van der Waals surface area contributed by atoms with Crippen LogP contribution in [0.1, 0.15) is 30.1 Å². The van der Waals surface area contributed by atoms with Crippen molar-refractivity contribution in [3.63, 3.8) is 0 Å². The molecule has 0 aliphatic carbocycles. The van der Waals surface area contributed by atoms with Gasteiger partial charge in [0.05, 0.1) is 44.6 Å². The molecule has 4 aromatic rings. The summed E-state index contributed by atoms with van der Waals surface area (Å²) in [5.41, 5.74) is 0.00349. The number of hydrogen-bond acceptors (Lipinski definition) is 9. The predicted octanol–water partition coefficient (Wildman–Crippen LogP) is 2.29. The molecule has 0 unspecified atom stereocenters. The van der Waals surface area contributed by atoms with Crippen molar-refractivity contribution in [1.29, 1.82) is 0 Å². The van der Waals surface area contributed by atoms with Crippen molar-refractivity contribution < 1.29 is 23.4 Å². The standard InChI is InChI=1S/C27H31FN6O6S/c1-17-23-24(36)32(12-11-31-10-4-5-22(31)35)27(37)33(26(23)41-25(17)34-29-8-9-30-34)16-21(40-14-13-38-2)19-15-18(28)6-7-20(19)39-3/h6-9,15,21H,4-5,10-14,16H2,1-3H3/t21-/m0/s1. The summed E-state index contributed by atoms with van der Waals surface area (Å²) in [6.45, 7) is 3.03. The van der Waals surface area contributed by atoms with E-state index in [0.717, 1.165) is 11.0 Å². The summed E-state index contributed by atoms with van der Waals surface area (Å²) in [6.07, 6.45) is 3.43. The Balaban J connectivity index is 1.66. The summed E-state index contributed by atoms with van der Waals surface area (Å²) < 4.78 is 33.8. The van der Waals surface area contributed by atoms with Crippen LogP contribution in [0.2, 0.25) is 0 Å². The maximum Gasteiger partial charge on any atom is 0.332 e. The Morgan fingerprint density at radius 3 is 2.54 bits per heavy atom. The third-order valence-electron chi connectivity index (χ3n) is 7.13. The highest BCUT2D eigenvalue weighted by Crippen LogP contribution is 2.33. The minimum atomic E-state index is -0.823. The lowest BCUT2D eigenvalue weighted by Crippen LogP contribution is -2.43. The summed E-state index contributed by atoms with van der Waals surface area (Å²) in [5.74, 6) is -0.0938. The summed E-state index contributed by atoms with van der Waals surface area (Å²) in [6, 6.07) is 4.09. The number of methoxy groups -OCH3 is 2. The monoisotopic (exact) mass is 586 g/mol. The average Bonchev–Trinajstić information content (AvgIpc) is 3.71. The molecule has 3 aromatic heterocycles. The molecule has 5 rings (SSSR count). The number of carbonyl (C=O) groups excluding carboxylic acids is 1. The van der Waals surface area contributed by atoms with Crippen LogP contribution in [0.3, 0.4) is 0 Å². The number of aromatic nitrogens is 5. The van der Waals surface area contributed by atoms with Gasteiger partial charge in [-0.2, -0.15) is 10.2 Å². The molecular weight excluding hydrogens is 555 g/mol. The minimum Gasteiger partial charge on any atom is -0.496 e. The lowest BCUT2D eigenvalue weighted by molar-refractivity contribution is -0.127. The van der Waals surface area contributed by atoms with Gasteiger partial charge in [0.1, 0.15) is 27.5 Å². The minimum absolute atomic E-state index is 0.00279. The van der Waals surface area contributed by atoms with Crippen LogP contribution < -0.4 is 16.0 Å². The molecule has 1 atom stereocenters. The summed E-state index contributed by atoms with van der Waals surface area (Å²) in [4.78, 5) is 43.5. The Bertz CT molecular complexity index is 1660. The van der Waals surface area contributed by atoms with Crippen LogP contribution in [-0.2, 0) is 27.4 Å². The molecule has 0 bridgehead atoms. The number of amides is 1. The molecule has 0 radical (unpaired) electrons. The number of halogens is 1. The van der Waals surface area contributed by atoms with Crippen molar-refractivity contribution in [2.24, 2.45) is 0 Å². The second-order valence-electron chi connectivity index (χ2n) is 9.60. The number of carbonyl (C=O) groups is 1. The second-order valence-corrected chi connectivity index (χ2v) is 10.6. The number of fused-ring (bicyclic) bond motifs is 1. The number of benzene rings is 1. The van der Waals surface area contributed by atoms with Gasteiger partial charge in [0.2, 0.25) is 5.91 Å². The van der Waals surface area contributed by atoms with Gasteiger partial charge in [-0.1, -0.05) is 11.3 Å². The average molecular weight is 587 g/mol. The Hall–Kier alpha value is -3.88. The maximum atomic E-state index is 14.4. The van der Waals surface area contributed by atoms with E-state index in [1.54, 1.807) is 11.8 Å². The van der Waals surface area contributed by atoms with Gasteiger partial charge < -0.3 is 19.1 Å². The first kappa shape index (κ1) is 28.6. The zero-order valence-electron chi connectivity index (χ0n) is 23.0. The van der Waals surface area contributed by atoms with Gasteiger partial charge >= 0.3 is 5.69 Å². The fourth-order valence-corrected chi connectivity index (χ4v) is 6.27. The highest BCUT2D eigenvalue weighted by atomic mass is 32.1. The molecular formula is C27H31FN6O6S. The molecule has 0 spiro atoms. The number of thiophene rings is 1. The first-order chi connectivity index (χ1) is 19.8. The molecule has 14 heteroatoms. The van der Waals surface area contributed by atoms with Gasteiger partial charge in [-0.05, 0) is 31.5 Å². The number of rotatable bonds is 12. The van der Waals surface area contributed by atoms with E-state index in [-0.39, 0.29) is 38.8 Å². The van der Waals surface area contributed by atoms with Crippen LogP contribution in [0.5, 0.6) is 5.75 Å². The Morgan fingerprint density at radius 1 is 1.07 bits per heavy atom. The maximum absolute atomic E-state index is 14.4. The normalized spacial score (nSPS) is 14.3. The zero-order chi connectivity index (χ0) is 29.1. The largest absolute Gasteiger partial charge is 0.496 e. The molecule has 1 aliphatic heterocycles. The topological polar surface area (TPSA) is 123 Å². The number of ether oxygens (including phenoxy) is 3. The summed E-state index contributed by atoms with van der Waals surface area (Å²) in [5, 5.41) is 9.36. The van der Waals surface area contributed by atoms with Crippen LogP contribution in [0.15, 0.2) is 40.2 Å². The van der Waals surface area contributed by atoms with Gasteiger partial charge in [-0.3, -0.25) is 18.7 Å². The zero-order valence-corrected chi connectivity index (χ0v) is 23.9. The molecule has 1 saturated heterocycles. The lowest BCUT2D eigenvalue weighted by Gasteiger charge is -2.23. The van der Waals surface area contributed by atoms with Gasteiger partial charge in [0.25, 0.3) is 5.56 Å². The van der Waals surface area contributed by atoms with E-state index in [0.29, 0.717) is 45.1 Å². The molecule has 1 amide bonds. The number of aryl methyl sites for hydroxylation is 1. The second kappa shape index (κ2) is 12.3. The van der Waals surface area contributed by atoms with E-state index in [1.807, 2.05) is 0 Å². The van der Waals surface area contributed by atoms with Crippen molar-refractivity contribution in [3.8, 4) is 10.8 Å². The molecule has 4 heterocycles. The molecule has 0 N–H and O–H groups in total. The molecule has 1 fully saturated rings. The van der Waals surface area contributed by atoms with Gasteiger partial charge in [-0.15, -0.1) is 4.80 Å². The van der Waals surface area contributed by atoms with Crippen LogP contribution in [0, 0.1) is 12.7 Å². The van der Waals surface area contributed by atoms with Crippen LogP contribution in [-0.4, -0.2) is 75.5 Å². The fraction of sp³-hybridized carbons (Fsp3) is 0.444. The molecule has 12 nitrogen and oxygen atoms in total. The number of nitrogens with zero attached hydrogens (tertiary/aromatic N) is 6. The van der Waals surface area contributed by atoms with Gasteiger partial charge in [0.15, 0.2) is 0 Å². The van der Waals surface area contributed by atoms with Crippen LogP contribution in [0.4, 0.5) is 4.39 Å². The van der Waals surface area contributed by atoms with Gasteiger partial charge in [-0.25, -0.2) is 9.18 Å². The Kier molecular flexibility index (Phi) is 8.61. The van der Waals surface area contributed by atoms with E-state index in [4.69, 9.17) is 14.2 Å². The smallest absolute Gasteiger partial charge is 0.332 e. The Labute approximate surface area is 238 Å². The van der Waals surface area contributed by atoms with Crippen molar-refractivity contribution >= 4 is 27.5 Å². The first-order valence-electron chi connectivity index (χ1n) is 13.2. The van der Waals surface area contributed by atoms with Crippen LogP contribution in [0.25, 0.3) is 15.2 Å². The first-order valence-corrected chi connectivity index (χ1v) is 14.0. The van der Waals surface area contributed by atoms with E-state index in [1.165, 1.54) is 65.5 Å². The lowest BCUT2D eigenvalue weighted by atomic mass is 10.1. The molecule has 41 heavy (non-hydrogen) atoms. The van der Waals surface area contributed by atoms with Gasteiger partial charge in [0, 0.05) is 44.3 Å². The third kappa shape index (κ3) is 5.67. The highest BCUT2D eigenvalue weighted by molar-refractivity contribution is 7.21. The summed E-state index contributed by atoms with van der Waals surface area (Å²) >= 11 is 1.21. The van der Waals surface area contributed by atoms with Crippen molar-refractivity contribution in [2.45, 2.75) is 39.0 Å². The number of hydrogen-bond donors (Lipinski definition) is 0. The molecule has 1 aliphatic rings. The van der Waals surface area contributed by atoms with Crippen molar-refractivity contribution in [3.05, 3.63) is 68.4 Å².